The first-order chi connectivity index (χ1) is 11.9. The van der Waals surface area contributed by atoms with E-state index in [4.69, 9.17) is 23.2 Å². The molecule has 3 nitrogen and oxygen atoms in total. The summed E-state index contributed by atoms with van der Waals surface area (Å²) in [4.78, 5) is 17.2. The van der Waals surface area contributed by atoms with E-state index >= 15 is 0 Å². The van der Waals surface area contributed by atoms with Crippen LogP contribution in [0.4, 0.5) is 0 Å². The Morgan fingerprint density at radius 3 is 2.44 bits per heavy atom. The molecule has 0 aliphatic heterocycles. The highest BCUT2D eigenvalue weighted by Gasteiger charge is 2.32. The monoisotopic (exact) mass is 384 g/mol. The fraction of sp³-hybridized carbons (Fsp3) is 0.650. The number of carbonyl (C=O) groups is 1. The van der Waals surface area contributed by atoms with Gasteiger partial charge in [-0.05, 0) is 50.6 Å². The predicted molar refractivity (Wildman–Crippen MR) is 107 cm³/mol. The van der Waals surface area contributed by atoms with E-state index in [-0.39, 0.29) is 5.91 Å². The van der Waals surface area contributed by atoms with Crippen LogP contribution in [0.15, 0.2) is 18.2 Å². The molecular weight excluding hydrogens is 355 g/mol. The Labute approximate surface area is 162 Å². The molecule has 1 saturated carbocycles. The Kier molecular flexibility index (Phi) is 8.05. The summed E-state index contributed by atoms with van der Waals surface area (Å²) in [6.07, 6.45) is 7.50. The van der Waals surface area contributed by atoms with Crippen LogP contribution in [-0.2, 0) is 11.2 Å². The van der Waals surface area contributed by atoms with Crippen LogP contribution in [0.25, 0.3) is 0 Å². The first kappa shape index (κ1) is 20.5. The number of hydrogen-bond acceptors (Lipinski definition) is 2. The molecule has 1 amide bonds. The zero-order valence-electron chi connectivity index (χ0n) is 15.6. The van der Waals surface area contributed by atoms with Crippen molar-refractivity contribution in [3.63, 3.8) is 0 Å². The Balaban J connectivity index is 2.03. The lowest BCUT2D eigenvalue weighted by Gasteiger charge is -2.42. The Morgan fingerprint density at radius 1 is 1.12 bits per heavy atom. The molecule has 2 rings (SSSR count). The molecule has 1 aromatic carbocycles. The number of likely N-dealkylation sites (N-methyl/N-ethyl adjacent to an activating group) is 2. The summed E-state index contributed by atoms with van der Waals surface area (Å²) in [5.74, 6) is 0.152. The average molecular weight is 385 g/mol. The molecule has 1 aliphatic rings. The topological polar surface area (TPSA) is 23.6 Å². The molecule has 1 aromatic rings. The van der Waals surface area contributed by atoms with Crippen molar-refractivity contribution in [2.24, 2.45) is 0 Å². The van der Waals surface area contributed by atoms with Crippen LogP contribution in [0.1, 0.15) is 51.0 Å². The second-order valence-corrected chi connectivity index (χ2v) is 8.00. The normalized spacial score (nSPS) is 20.7. The van der Waals surface area contributed by atoms with Gasteiger partial charge in [0, 0.05) is 19.1 Å². The van der Waals surface area contributed by atoms with Crippen LogP contribution in [-0.4, -0.2) is 48.4 Å². The fourth-order valence-corrected chi connectivity index (χ4v) is 4.09. The summed E-state index contributed by atoms with van der Waals surface area (Å²) < 4.78 is 0. The Hall–Kier alpha value is -0.770. The van der Waals surface area contributed by atoms with Crippen molar-refractivity contribution in [1.82, 2.24) is 9.80 Å². The van der Waals surface area contributed by atoms with E-state index < -0.39 is 0 Å². The maximum absolute atomic E-state index is 12.8. The van der Waals surface area contributed by atoms with Crippen molar-refractivity contribution in [2.45, 2.75) is 64.0 Å². The summed E-state index contributed by atoms with van der Waals surface area (Å²) in [5.41, 5.74) is 0.915. The van der Waals surface area contributed by atoms with Gasteiger partial charge in [-0.2, -0.15) is 0 Å². The fourth-order valence-electron chi connectivity index (χ4n) is 3.76. The van der Waals surface area contributed by atoms with Crippen molar-refractivity contribution in [3.05, 3.63) is 33.8 Å². The van der Waals surface area contributed by atoms with Gasteiger partial charge in [0.05, 0.1) is 16.5 Å². The van der Waals surface area contributed by atoms with Gasteiger partial charge in [0.2, 0.25) is 5.91 Å². The van der Waals surface area contributed by atoms with Gasteiger partial charge in [-0.15, -0.1) is 0 Å². The lowest BCUT2D eigenvalue weighted by atomic mass is 9.88. The number of hydrogen-bond donors (Lipinski definition) is 0. The van der Waals surface area contributed by atoms with E-state index in [1.54, 1.807) is 12.1 Å². The number of nitrogens with zero attached hydrogens (tertiary/aromatic N) is 2. The van der Waals surface area contributed by atoms with E-state index in [0.29, 0.717) is 28.5 Å². The highest BCUT2D eigenvalue weighted by atomic mass is 35.5. The summed E-state index contributed by atoms with van der Waals surface area (Å²) in [5, 5.41) is 1.03. The molecule has 140 valence electrons. The molecule has 0 aromatic heterocycles. The van der Waals surface area contributed by atoms with Gasteiger partial charge in [-0.25, -0.2) is 0 Å². The quantitative estimate of drug-likeness (QED) is 0.657. The lowest BCUT2D eigenvalue weighted by molar-refractivity contribution is -0.133. The molecule has 25 heavy (non-hydrogen) atoms. The molecule has 0 heterocycles. The highest BCUT2D eigenvalue weighted by Crippen LogP contribution is 2.27. The molecule has 0 N–H and O–H groups in total. The van der Waals surface area contributed by atoms with Gasteiger partial charge < -0.3 is 9.80 Å². The molecule has 1 unspecified atom stereocenters. The Bertz CT molecular complexity index is 579. The molecule has 1 aliphatic carbocycles. The van der Waals surface area contributed by atoms with Crippen LogP contribution < -0.4 is 0 Å². The van der Waals surface area contributed by atoms with E-state index in [2.05, 4.69) is 18.9 Å². The predicted octanol–water partition coefficient (Wildman–Crippen LogP) is 5.04. The van der Waals surface area contributed by atoms with Crippen molar-refractivity contribution in [3.8, 4) is 0 Å². The third kappa shape index (κ3) is 5.60. The van der Waals surface area contributed by atoms with Gasteiger partial charge in [-0.1, -0.05) is 55.5 Å². The van der Waals surface area contributed by atoms with Crippen LogP contribution in [0, 0.1) is 0 Å². The summed E-state index contributed by atoms with van der Waals surface area (Å²) in [6, 6.07) is 6.19. The number of rotatable bonds is 7. The second kappa shape index (κ2) is 9.80. The molecule has 0 radical (unpaired) electrons. The van der Waals surface area contributed by atoms with E-state index in [1.807, 2.05) is 18.0 Å². The van der Waals surface area contributed by atoms with Crippen LogP contribution in [0.2, 0.25) is 10.0 Å². The largest absolute Gasteiger partial charge is 0.341 e. The van der Waals surface area contributed by atoms with Gasteiger partial charge in [0.1, 0.15) is 0 Å². The third-order valence-corrected chi connectivity index (χ3v) is 6.09. The minimum absolute atomic E-state index is 0.152. The van der Waals surface area contributed by atoms with E-state index in [9.17, 15) is 4.79 Å². The van der Waals surface area contributed by atoms with Crippen molar-refractivity contribution < 1.29 is 4.79 Å². The number of carbonyl (C=O) groups excluding carboxylic acids is 1. The minimum Gasteiger partial charge on any atom is -0.341 e. The summed E-state index contributed by atoms with van der Waals surface area (Å²) in [7, 11) is 4.16. The van der Waals surface area contributed by atoms with Gasteiger partial charge in [-0.3, -0.25) is 4.79 Å². The lowest BCUT2D eigenvalue weighted by Crippen LogP contribution is -2.53. The molecule has 1 fully saturated rings. The smallest absolute Gasteiger partial charge is 0.227 e. The van der Waals surface area contributed by atoms with Crippen LogP contribution in [0.5, 0.6) is 0 Å². The van der Waals surface area contributed by atoms with Crippen molar-refractivity contribution in [2.75, 3.05) is 20.6 Å². The molecule has 0 saturated heterocycles. The molecule has 5 heteroatoms. The van der Waals surface area contributed by atoms with Gasteiger partial charge in [0.25, 0.3) is 0 Å². The molecule has 0 bridgehead atoms. The first-order valence-electron chi connectivity index (χ1n) is 9.33. The van der Waals surface area contributed by atoms with Gasteiger partial charge in [0.15, 0.2) is 0 Å². The zero-order chi connectivity index (χ0) is 18.4. The standard InChI is InChI=1S/C20H30Cl2N2O/c1-4-5-12-23(2)18-8-6-7-9-19(18)24(3)20(25)14-15-10-11-16(21)17(22)13-15/h10-11,13,18-19H,4-9,12,14H2,1-3H3/t18-,19?/m1/s1. The first-order valence-corrected chi connectivity index (χ1v) is 10.1. The number of benzene rings is 1. The maximum Gasteiger partial charge on any atom is 0.227 e. The second-order valence-electron chi connectivity index (χ2n) is 7.18. The van der Waals surface area contributed by atoms with Crippen molar-refractivity contribution >= 4 is 29.1 Å². The van der Waals surface area contributed by atoms with Crippen LogP contribution in [0.3, 0.4) is 0 Å². The number of amides is 1. The third-order valence-electron chi connectivity index (χ3n) is 5.35. The zero-order valence-corrected chi connectivity index (χ0v) is 17.1. The number of unbranched alkanes of at least 4 members (excludes halogenated alkanes) is 1. The summed E-state index contributed by atoms with van der Waals surface area (Å²) in [6.45, 7) is 3.32. The van der Waals surface area contributed by atoms with E-state index in [0.717, 1.165) is 18.5 Å². The van der Waals surface area contributed by atoms with Crippen molar-refractivity contribution in [1.29, 1.82) is 0 Å². The molecular formula is C20H30Cl2N2O. The maximum atomic E-state index is 12.8. The Morgan fingerprint density at radius 2 is 1.80 bits per heavy atom. The SMILES string of the molecule is CCCCN(C)[C@@H]1CCCCC1N(C)C(=O)Cc1ccc(Cl)c(Cl)c1. The van der Waals surface area contributed by atoms with E-state index in [1.165, 1.54) is 32.1 Å². The van der Waals surface area contributed by atoms with Gasteiger partial charge >= 0.3 is 0 Å². The average Bonchev–Trinajstić information content (AvgIpc) is 2.62. The minimum atomic E-state index is 0.152. The number of halogens is 2. The molecule has 2 atom stereocenters. The molecule has 0 spiro atoms. The summed E-state index contributed by atoms with van der Waals surface area (Å²) >= 11 is 12.0. The van der Waals surface area contributed by atoms with Crippen LogP contribution >= 0.6 is 23.2 Å². The highest BCUT2D eigenvalue weighted by molar-refractivity contribution is 6.42.